The fraction of sp³-hybridized carbons (Fsp3) is 0.350. The third-order valence-corrected chi connectivity index (χ3v) is 10.6. The Labute approximate surface area is 314 Å². The van der Waals surface area contributed by atoms with Crippen LogP contribution >= 0.6 is 39.1 Å². The van der Waals surface area contributed by atoms with Gasteiger partial charge in [-0.25, -0.2) is 0 Å². The molecule has 0 aliphatic carbocycles. The van der Waals surface area contributed by atoms with Crippen LogP contribution in [0.2, 0.25) is 10.0 Å². The predicted octanol–water partition coefficient (Wildman–Crippen LogP) is 8.35. The summed E-state index contributed by atoms with van der Waals surface area (Å²) in [5, 5.41) is 4.74. The quantitative estimate of drug-likeness (QED) is 0.124. The lowest BCUT2D eigenvalue weighted by molar-refractivity contribution is -0.132. The SMILES string of the molecule is COc1cc(Br)c(C(=O)N(Cc2ccccc2)CC2CNCC2CN(CCc2ccc(Cl)cc2Cl)C(=O)CCCc2ccccc2)cc1OC. The van der Waals surface area contributed by atoms with Gasteiger partial charge >= 0.3 is 0 Å². The molecule has 0 aromatic heterocycles. The number of amides is 2. The Balaban J connectivity index is 1.35. The van der Waals surface area contributed by atoms with E-state index in [0.717, 1.165) is 37.1 Å². The van der Waals surface area contributed by atoms with E-state index in [1.165, 1.54) is 5.56 Å². The van der Waals surface area contributed by atoms with E-state index >= 15 is 0 Å². The van der Waals surface area contributed by atoms with Crippen LogP contribution in [0.25, 0.3) is 0 Å². The number of rotatable bonds is 16. The van der Waals surface area contributed by atoms with Gasteiger partial charge in [-0.15, -0.1) is 0 Å². The van der Waals surface area contributed by atoms with Crippen LogP contribution in [-0.2, 0) is 24.2 Å². The van der Waals surface area contributed by atoms with Crippen LogP contribution < -0.4 is 14.8 Å². The summed E-state index contributed by atoms with van der Waals surface area (Å²) in [5.74, 6) is 1.32. The van der Waals surface area contributed by atoms with Crippen molar-refractivity contribution in [3.63, 3.8) is 0 Å². The van der Waals surface area contributed by atoms with Crippen molar-refractivity contribution in [2.24, 2.45) is 11.8 Å². The Bertz CT molecular complexity index is 1730. The molecular weight excluding hydrogens is 737 g/mol. The molecule has 7 nitrogen and oxygen atoms in total. The molecule has 1 heterocycles. The minimum absolute atomic E-state index is 0.112. The van der Waals surface area contributed by atoms with Crippen molar-refractivity contribution in [2.45, 2.75) is 32.2 Å². The van der Waals surface area contributed by atoms with Crippen molar-refractivity contribution in [1.82, 2.24) is 15.1 Å². The Kier molecular flexibility index (Phi) is 14.0. The van der Waals surface area contributed by atoms with E-state index in [2.05, 4.69) is 33.4 Å². The van der Waals surface area contributed by atoms with Crippen LogP contribution in [-0.4, -0.2) is 68.6 Å². The molecule has 5 rings (SSSR count). The zero-order valence-electron chi connectivity index (χ0n) is 28.5. The van der Waals surface area contributed by atoms with E-state index in [1.807, 2.05) is 70.5 Å². The summed E-state index contributed by atoms with van der Waals surface area (Å²) in [4.78, 5) is 32.1. The predicted molar refractivity (Wildman–Crippen MR) is 204 cm³/mol. The molecule has 2 amide bonds. The molecule has 0 spiro atoms. The molecule has 4 aromatic carbocycles. The van der Waals surface area contributed by atoms with Gasteiger partial charge in [0, 0.05) is 60.2 Å². The van der Waals surface area contributed by atoms with Crippen LogP contribution in [0.4, 0.5) is 0 Å². The number of hydrogen-bond acceptors (Lipinski definition) is 5. The number of methoxy groups -OCH3 is 2. The molecule has 10 heteroatoms. The largest absolute Gasteiger partial charge is 0.493 e. The normalized spacial score (nSPS) is 15.5. The smallest absolute Gasteiger partial charge is 0.255 e. The Morgan fingerprint density at radius 2 is 1.42 bits per heavy atom. The standard InChI is InChI=1S/C40H44BrCl2N3O4/c1-49-37-21-34(35(41)22-38(37)50-2)40(48)46(25-29-12-7-4-8-13-29)27-32-24-44-23-31(32)26-45(19-18-30-16-17-33(42)20-36(30)43)39(47)15-9-14-28-10-5-3-6-11-28/h3-8,10-13,16-17,20-22,31-32,44H,9,14-15,18-19,23-27H2,1-2H3. The van der Waals surface area contributed by atoms with Crippen LogP contribution in [0.5, 0.6) is 11.5 Å². The van der Waals surface area contributed by atoms with Gasteiger partial charge in [0.1, 0.15) is 0 Å². The Morgan fingerprint density at radius 1 is 0.800 bits per heavy atom. The second-order valence-corrected chi connectivity index (χ2v) is 14.4. The lowest BCUT2D eigenvalue weighted by Crippen LogP contribution is -2.42. The molecule has 264 valence electrons. The monoisotopic (exact) mass is 779 g/mol. The molecule has 1 fully saturated rings. The highest BCUT2D eigenvalue weighted by molar-refractivity contribution is 9.10. The van der Waals surface area contributed by atoms with Gasteiger partial charge in [0.05, 0.1) is 19.8 Å². The van der Waals surface area contributed by atoms with Crippen LogP contribution in [0.15, 0.2) is 95.5 Å². The minimum atomic E-state index is -0.112. The number of hydrogen-bond donors (Lipinski definition) is 1. The van der Waals surface area contributed by atoms with Crippen molar-refractivity contribution in [1.29, 1.82) is 0 Å². The summed E-state index contributed by atoms with van der Waals surface area (Å²) in [7, 11) is 3.13. The molecule has 1 N–H and O–H groups in total. The fourth-order valence-corrected chi connectivity index (χ4v) is 7.53. The topological polar surface area (TPSA) is 71.1 Å². The maximum Gasteiger partial charge on any atom is 0.255 e. The summed E-state index contributed by atoms with van der Waals surface area (Å²) in [6, 6.07) is 29.3. The van der Waals surface area contributed by atoms with Crippen molar-refractivity contribution in [2.75, 3.05) is 46.9 Å². The highest BCUT2D eigenvalue weighted by atomic mass is 79.9. The molecule has 1 aliphatic heterocycles. The number of ether oxygens (including phenoxy) is 2. The highest BCUT2D eigenvalue weighted by Gasteiger charge is 2.33. The molecule has 2 atom stereocenters. The molecule has 4 aromatic rings. The van der Waals surface area contributed by atoms with Crippen molar-refractivity contribution in [3.8, 4) is 11.5 Å². The first-order valence-electron chi connectivity index (χ1n) is 17.0. The molecule has 0 saturated carbocycles. The van der Waals surface area contributed by atoms with Gasteiger partial charge in [-0.2, -0.15) is 0 Å². The zero-order valence-corrected chi connectivity index (χ0v) is 31.6. The maximum atomic E-state index is 14.3. The fourth-order valence-electron chi connectivity index (χ4n) is 6.54. The summed E-state index contributed by atoms with van der Waals surface area (Å²) >= 11 is 16.3. The summed E-state index contributed by atoms with van der Waals surface area (Å²) in [6.45, 7) is 3.59. The van der Waals surface area contributed by atoms with Gasteiger partial charge < -0.3 is 24.6 Å². The van der Waals surface area contributed by atoms with E-state index < -0.39 is 0 Å². The number of carbonyl (C=O) groups excluding carboxylic acids is 2. The molecule has 1 aliphatic rings. The van der Waals surface area contributed by atoms with E-state index in [9.17, 15) is 9.59 Å². The lowest BCUT2D eigenvalue weighted by atomic mass is 9.93. The number of carbonyl (C=O) groups is 2. The number of halogens is 3. The van der Waals surface area contributed by atoms with Gasteiger partial charge in [-0.05, 0) is 88.0 Å². The summed E-state index contributed by atoms with van der Waals surface area (Å²) in [5.41, 5.74) is 3.72. The van der Waals surface area contributed by atoms with Gasteiger partial charge in [-0.3, -0.25) is 9.59 Å². The molecule has 0 radical (unpaired) electrons. The average Bonchev–Trinajstić information content (AvgIpc) is 3.56. The Morgan fingerprint density at radius 3 is 2.06 bits per heavy atom. The molecule has 0 bridgehead atoms. The third kappa shape index (κ3) is 10.3. The number of nitrogens with zero attached hydrogens (tertiary/aromatic N) is 2. The van der Waals surface area contributed by atoms with Crippen LogP contribution in [0, 0.1) is 11.8 Å². The second-order valence-electron chi connectivity index (χ2n) is 12.7. The minimum Gasteiger partial charge on any atom is -0.493 e. The van der Waals surface area contributed by atoms with Gasteiger partial charge in [-0.1, -0.05) is 89.9 Å². The van der Waals surface area contributed by atoms with Crippen molar-refractivity contribution < 1.29 is 19.1 Å². The van der Waals surface area contributed by atoms with Gasteiger partial charge in [0.15, 0.2) is 11.5 Å². The third-order valence-electron chi connectivity index (χ3n) is 9.31. The first kappa shape index (κ1) is 37.7. The van der Waals surface area contributed by atoms with Gasteiger partial charge in [0.2, 0.25) is 5.91 Å². The van der Waals surface area contributed by atoms with E-state index in [1.54, 1.807) is 32.4 Å². The number of nitrogens with one attached hydrogen (secondary N) is 1. The van der Waals surface area contributed by atoms with Crippen molar-refractivity contribution in [3.05, 3.63) is 128 Å². The van der Waals surface area contributed by atoms with Crippen LogP contribution in [0.3, 0.4) is 0 Å². The maximum absolute atomic E-state index is 14.3. The molecule has 50 heavy (non-hydrogen) atoms. The first-order chi connectivity index (χ1) is 24.2. The van der Waals surface area contributed by atoms with Crippen molar-refractivity contribution >= 4 is 50.9 Å². The second kappa shape index (κ2) is 18.6. The van der Waals surface area contributed by atoms with E-state index in [4.69, 9.17) is 32.7 Å². The number of aryl methyl sites for hydroxylation is 1. The zero-order chi connectivity index (χ0) is 35.5. The number of benzene rings is 4. The first-order valence-corrected chi connectivity index (χ1v) is 18.5. The summed E-state index contributed by atoms with van der Waals surface area (Å²) < 4.78 is 11.6. The van der Waals surface area contributed by atoms with Gasteiger partial charge in [0.25, 0.3) is 5.91 Å². The molecular formula is C40H44BrCl2N3O4. The molecule has 1 saturated heterocycles. The highest BCUT2D eigenvalue weighted by Crippen LogP contribution is 2.34. The Hall–Kier alpha value is -3.56. The van der Waals surface area contributed by atoms with E-state index in [0.29, 0.717) is 70.6 Å². The summed E-state index contributed by atoms with van der Waals surface area (Å²) in [6.07, 6.45) is 2.70. The average molecular weight is 782 g/mol. The van der Waals surface area contributed by atoms with E-state index in [-0.39, 0.29) is 23.7 Å². The lowest BCUT2D eigenvalue weighted by Gasteiger charge is -2.32. The molecule has 2 unspecified atom stereocenters. The van der Waals surface area contributed by atoms with Crippen LogP contribution in [0.1, 0.15) is 39.9 Å².